The summed E-state index contributed by atoms with van der Waals surface area (Å²) in [6, 6.07) is 0. The minimum Gasteiger partial charge on any atom is -0.392 e. The third-order valence-electron chi connectivity index (χ3n) is 1.91. The number of hydrogen-bond donors (Lipinski definition) is 2. The van der Waals surface area contributed by atoms with Gasteiger partial charge in [0.2, 0.25) is 11.6 Å². The molecule has 0 spiro atoms. The normalized spacial score (nSPS) is 12.2. The Bertz CT molecular complexity index is 395. The third kappa shape index (κ3) is 2.54. The van der Waals surface area contributed by atoms with Crippen molar-refractivity contribution in [2.75, 3.05) is 24.2 Å². The van der Waals surface area contributed by atoms with Crippen LogP contribution in [0.15, 0.2) is 6.33 Å². The van der Waals surface area contributed by atoms with Crippen molar-refractivity contribution in [2.24, 2.45) is 0 Å². The zero-order chi connectivity index (χ0) is 12.3. The highest BCUT2D eigenvalue weighted by Gasteiger charge is 2.24. The molecule has 0 aromatic carbocycles. The van der Waals surface area contributed by atoms with Crippen molar-refractivity contribution < 1.29 is 10.0 Å². The molecular formula is C8H13N5O3. The second-order valence-corrected chi connectivity index (χ2v) is 3.42. The van der Waals surface area contributed by atoms with Gasteiger partial charge in [0.1, 0.15) is 6.33 Å². The lowest BCUT2D eigenvalue weighted by Gasteiger charge is -2.19. The smallest absolute Gasteiger partial charge is 0.353 e. The van der Waals surface area contributed by atoms with Crippen LogP contribution in [0.5, 0.6) is 0 Å². The van der Waals surface area contributed by atoms with Crippen LogP contribution in [0.1, 0.15) is 6.92 Å². The summed E-state index contributed by atoms with van der Waals surface area (Å²) < 4.78 is 0. The average Bonchev–Trinajstić information content (AvgIpc) is 2.15. The van der Waals surface area contributed by atoms with Gasteiger partial charge in [-0.05, 0) is 6.92 Å². The first-order valence-corrected chi connectivity index (χ1v) is 4.57. The molecule has 1 rings (SSSR count). The van der Waals surface area contributed by atoms with Gasteiger partial charge in [0, 0.05) is 13.6 Å². The number of nitrogens with two attached hydrogens (primary N) is 1. The first kappa shape index (κ1) is 12.1. The van der Waals surface area contributed by atoms with Gasteiger partial charge in [-0.2, -0.15) is 0 Å². The van der Waals surface area contributed by atoms with Gasteiger partial charge in [-0.15, -0.1) is 0 Å². The molecule has 1 atom stereocenters. The Kier molecular flexibility index (Phi) is 3.56. The fourth-order valence-corrected chi connectivity index (χ4v) is 1.32. The predicted octanol–water partition coefficient (Wildman–Crippen LogP) is -0.216. The van der Waals surface area contributed by atoms with E-state index in [2.05, 4.69) is 9.97 Å². The summed E-state index contributed by atoms with van der Waals surface area (Å²) in [6.07, 6.45) is 0.525. The second-order valence-electron chi connectivity index (χ2n) is 3.42. The molecule has 1 heterocycles. The van der Waals surface area contributed by atoms with Gasteiger partial charge in [-0.1, -0.05) is 0 Å². The van der Waals surface area contributed by atoms with Gasteiger partial charge < -0.3 is 15.7 Å². The third-order valence-corrected chi connectivity index (χ3v) is 1.91. The number of aliphatic hydroxyl groups excluding tert-OH is 1. The van der Waals surface area contributed by atoms with E-state index in [9.17, 15) is 15.2 Å². The molecule has 0 saturated heterocycles. The zero-order valence-electron chi connectivity index (χ0n) is 8.99. The van der Waals surface area contributed by atoms with Crippen LogP contribution >= 0.6 is 0 Å². The van der Waals surface area contributed by atoms with E-state index in [1.165, 1.54) is 4.90 Å². The molecule has 0 amide bonds. The molecule has 0 radical (unpaired) electrons. The number of likely N-dealkylation sites (N-methyl/N-ethyl adjacent to an activating group) is 1. The van der Waals surface area contributed by atoms with E-state index < -0.39 is 11.0 Å². The fraction of sp³-hybridized carbons (Fsp3) is 0.500. The number of nitro groups is 1. The quantitative estimate of drug-likeness (QED) is 0.539. The van der Waals surface area contributed by atoms with Crippen LogP contribution in [0.2, 0.25) is 0 Å². The van der Waals surface area contributed by atoms with Gasteiger partial charge in [0.25, 0.3) is 0 Å². The fourth-order valence-electron chi connectivity index (χ4n) is 1.32. The highest BCUT2D eigenvalue weighted by Crippen LogP contribution is 2.28. The van der Waals surface area contributed by atoms with Crippen molar-refractivity contribution in [1.29, 1.82) is 0 Å². The molecular weight excluding hydrogens is 214 g/mol. The van der Waals surface area contributed by atoms with Gasteiger partial charge in [0.15, 0.2) is 0 Å². The van der Waals surface area contributed by atoms with E-state index in [-0.39, 0.29) is 23.9 Å². The van der Waals surface area contributed by atoms with Crippen LogP contribution in [0.3, 0.4) is 0 Å². The van der Waals surface area contributed by atoms with E-state index in [0.29, 0.717) is 0 Å². The van der Waals surface area contributed by atoms with Crippen molar-refractivity contribution in [3.63, 3.8) is 0 Å². The Hall–Kier alpha value is -1.96. The van der Waals surface area contributed by atoms with Crippen LogP contribution < -0.4 is 10.6 Å². The summed E-state index contributed by atoms with van der Waals surface area (Å²) in [5, 5.41) is 20.0. The molecule has 3 N–H and O–H groups in total. The highest BCUT2D eigenvalue weighted by atomic mass is 16.6. The van der Waals surface area contributed by atoms with E-state index in [1.807, 2.05) is 0 Å². The molecule has 88 valence electrons. The van der Waals surface area contributed by atoms with Crippen LogP contribution in [-0.4, -0.2) is 39.7 Å². The number of aliphatic hydroxyl groups is 1. The molecule has 8 heteroatoms. The molecule has 1 unspecified atom stereocenters. The first-order valence-electron chi connectivity index (χ1n) is 4.57. The topological polar surface area (TPSA) is 118 Å². The van der Waals surface area contributed by atoms with E-state index in [1.54, 1.807) is 14.0 Å². The van der Waals surface area contributed by atoms with E-state index >= 15 is 0 Å². The molecule has 0 saturated carbocycles. The summed E-state index contributed by atoms with van der Waals surface area (Å²) in [7, 11) is 1.58. The summed E-state index contributed by atoms with van der Waals surface area (Å²) in [6.45, 7) is 1.80. The number of anilines is 2. The lowest BCUT2D eigenvalue weighted by Crippen LogP contribution is -2.28. The molecule has 0 aliphatic rings. The van der Waals surface area contributed by atoms with Crippen LogP contribution in [0.25, 0.3) is 0 Å². The van der Waals surface area contributed by atoms with Crippen molar-refractivity contribution in [2.45, 2.75) is 13.0 Å². The van der Waals surface area contributed by atoms with Crippen LogP contribution in [-0.2, 0) is 0 Å². The molecule has 1 aromatic rings. The Morgan fingerprint density at radius 2 is 2.31 bits per heavy atom. The predicted molar refractivity (Wildman–Crippen MR) is 58.0 cm³/mol. The van der Waals surface area contributed by atoms with Crippen molar-refractivity contribution in [3.8, 4) is 0 Å². The average molecular weight is 227 g/mol. The van der Waals surface area contributed by atoms with Gasteiger partial charge >= 0.3 is 5.69 Å². The molecule has 8 nitrogen and oxygen atoms in total. The minimum absolute atomic E-state index is 0.0957. The molecule has 0 bridgehead atoms. The van der Waals surface area contributed by atoms with E-state index in [0.717, 1.165) is 6.33 Å². The number of aromatic nitrogens is 2. The standard InChI is InChI=1S/C8H13N5O3/c1-5(14)3-12(2)8-6(13(15)16)7(9)10-4-11-8/h4-5,14H,3H2,1-2H3,(H2,9,10,11). The Morgan fingerprint density at radius 3 is 2.81 bits per heavy atom. The largest absolute Gasteiger partial charge is 0.392 e. The van der Waals surface area contributed by atoms with Crippen molar-refractivity contribution >= 4 is 17.3 Å². The maximum Gasteiger partial charge on any atom is 0.353 e. The maximum absolute atomic E-state index is 10.8. The summed E-state index contributed by atoms with van der Waals surface area (Å²) in [4.78, 5) is 19.0. The number of rotatable bonds is 4. The molecule has 0 fully saturated rings. The summed E-state index contributed by atoms with van der Waals surface area (Å²) >= 11 is 0. The van der Waals surface area contributed by atoms with Gasteiger partial charge in [-0.25, -0.2) is 9.97 Å². The lowest BCUT2D eigenvalue weighted by molar-refractivity contribution is -0.383. The van der Waals surface area contributed by atoms with Crippen molar-refractivity contribution in [1.82, 2.24) is 9.97 Å². The zero-order valence-corrected chi connectivity index (χ0v) is 8.99. The van der Waals surface area contributed by atoms with Crippen molar-refractivity contribution in [3.05, 3.63) is 16.4 Å². The second kappa shape index (κ2) is 4.71. The monoisotopic (exact) mass is 227 g/mol. The first-order chi connectivity index (χ1) is 7.43. The molecule has 0 aliphatic heterocycles. The number of hydrogen-bond acceptors (Lipinski definition) is 7. The van der Waals surface area contributed by atoms with Crippen LogP contribution in [0, 0.1) is 10.1 Å². The SMILES string of the molecule is CC(O)CN(C)c1ncnc(N)c1[N+](=O)[O-]. The Morgan fingerprint density at radius 1 is 1.69 bits per heavy atom. The van der Waals surface area contributed by atoms with Crippen LogP contribution in [0.4, 0.5) is 17.3 Å². The highest BCUT2D eigenvalue weighted by molar-refractivity contribution is 5.68. The Labute approximate surface area is 91.9 Å². The van der Waals surface area contributed by atoms with E-state index in [4.69, 9.17) is 5.73 Å². The lowest BCUT2D eigenvalue weighted by atomic mass is 10.3. The number of nitrogen functional groups attached to an aromatic ring is 1. The number of nitrogens with zero attached hydrogens (tertiary/aromatic N) is 4. The Balaban J connectivity index is 3.12. The summed E-state index contributed by atoms with van der Waals surface area (Å²) in [5.74, 6) is -0.0918. The van der Waals surface area contributed by atoms with Gasteiger partial charge in [-0.3, -0.25) is 10.1 Å². The maximum atomic E-state index is 10.8. The molecule has 16 heavy (non-hydrogen) atoms. The molecule has 1 aromatic heterocycles. The van der Waals surface area contributed by atoms with Gasteiger partial charge in [0.05, 0.1) is 11.0 Å². The molecule has 0 aliphatic carbocycles. The minimum atomic E-state index is -0.636. The summed E-state index contributed by atoms with van der Waals surface area (Å²) in [5.41, 5.74) is 5.07.